The highest BCUT2D eigenvalue weighted by Gasteiger charge is 2.72. The Labute approximate surface area is 195 Å². The van der Waals surface area contributed by atoms with Crippen molar-refractivity contribution in [3.05, 3.63) is 22.5 Å². The number of ketones is 2. The van der Waals surface area contributed by atoms with E-state index in [-0.39, 0.29) is 53.4 Å². The molecule has 34 heavy (non-hydrogen) atoms. The van der Waals surface area contributed by atoms with Crippen molar-refractivity contribution in [2.45, 2.75) is 24.7 Å². The SMILES string of the molecule is CO[C@]12[C@@H](COC(=O)NC=O)C3=C(C(=O)C(C)=C(N=CNN4CCOCC4)C3=O)N1C[C@@H]1N[C@@H]12. The summed E-state index contributed by atoms with van der Waals surface area (Å²) in [4.78, 5) is 55.7. The molecule has 0 bridgehead atoms. The predicted molar refractivity (Wildman–Crippen MR) is 115 cm³/mol. The van der Waals surface area contributed by atoms with Gasteiger partial charge in [0.05, 0.1) is 30.9 Å². The number of rotatable bonds is 7. The standard InChI is InChI=1S/C21H26N6O7/c1-11-15(22-9-24-26-3-5-33-6-4-26)18(30)14-12(8-34-20(31)23-10-28)21(32-2)19-13(25-19)7-27(21)16(14)17(11)29/h9-10,12-13,19,25H,3-8H2,1-2H3,(H,22,24)(H,23,28,31)/t12-,13-,19-,21-/m0/s1. The lowest BCUT2D eigenvalue weighted by Gasteiger charge is -2.39. The summed E-state index contributed by atoms with van der Waals surface area (Å²) in [6, 6.07) is -0.0358. The Balaban J connectivity index is 1.44. The summed E-state index contributed by atoms with van der Waals surface area (Å²) < 4.78 is 16.5. The lowest BCUT2D eigenvalue weighted by atomic mass is 9.82. The molecule has 5 rings (SSSR count). The van der Waals surface area contributed by atoms with Crippen molar-refractivity contribution in [2.24, 2.45) is 10.9 Å². The van der Waals surface area contributed by atoms with Gasteiger partial charge >= 0.3 is 6.09 Å². The van der Waals surface area contributed by atoms with Gasteiger partial charge in [0.1, 0.15) is 18.6 Å². The first-order valence-corrected chi connectivity index (χ1v) is 11.1. The molecule has 4 atom stereocenters. The van der Waals surface area contributed by atoms with Gasteiger partial charge in [-0.2, -0.15) is 0 Å². The number of aliphatic imine (C=N–C) groups is 1. The van der Waals surface area contributed by atoms with Crippen molar-refractivity contribution in [2.75, 3.05) is 46.6 Å². The molecule has 13 nitrogen and oxygen atoms in total. The number of carbonyl (C=O) groups excluding carboxylic acids is 4. The summed E-state index contributed by atoms with van der Waals surface area (Å²) in [5.41, 5.74) is 2.69. The number of hydrogen-bond donors (Lipinski definition) is 3. The van der Waals surface area contributed by atoms with E-state index in [1.54, 1.807) is 6.92 Å². The Bertz CT molecular complexity index is 1030. The van der Waals surface area contributed by atoms with E-state index in [1.165, 1.54) is 13.4 Å². The Morgan fingerprint density at radius 1 is 1.32 bits per heavy atom. The van der Waals surface area contributed by atoms with Crippen LogP contribution in [-0.2, 0) is 28.6 Å². The second-order valence-corrected chi connectivity index (χ2v) is 8.61. The molecule has 3 fully saturated rings. The summed E-state index contributed by atoms with van der Waals surface area (Å²) in [6.07, 6.45) is 0.656. The van der Waals surface area contributed by atoms with Crippen molar-refractivity contribution >= 4 is 30.4 Å². The van der Waals surface area contributed by atoms with E-state index < -0.39 is 23.5 Å². The minimum atomic E-state index is -1.06. The number of Topliss-reactive ketones (excluding diaryl/α,β-unsaturated/α-hetero) is 2. The lowest BCUT2D eigenvalue weighted by Crippen LogP contribution is -2.55. The molecule has 0 aromatic carbocycles. The first-order valence-electron chi connectivity index (χ1n) is 11.1. The van der Waals surface area contributed by atoms with Gasteiger partial charge < -0.3 is 29.9 Å². The van der Waals surface area contributed by atoms with E-state index in [4.69, 9.17) is 14.2 Å². The lowest BCUT2D eigenvalue weighted by molar-refractivity contribution is -0.137. The molecular weight excluding hydrogens is 448 g/mol. The third kappa shape index (κ3) is 3.35. The van der Waals surface area contributed by atoms with Crippen molar-refractivity contribution in [3.8, 4) is 0 Å². The van der Waals surface area contributed by atoms with E-state index in [1.807, 2.05) is 15.2 Å². The van der Waals surface area contributed by atoms with Crippen LogP contribution in [0.5, 0.6) is 0 Å². The molecule has 0 aromatic rings. The van der Waals surface area contributed by atoms with Gasteiger partial charge in [0.2, 0.25) is 18.0 Å². The molecule has 3 saturated heterocycles. The molecule has 0 radical (unpaired) electrons. The van der Waals surface area contributed by atoms with Crippen LogP contribution in [-0.4, -0.2) is 105 Å². The van der Waals surface area contributed by atoms with Gasteiger partial charge in [0.25, 0.3) is 0 Å². The van der Waals surface area contributed by atoms with Crippen LogP contribution >= 0.6 is 0 Å². The van der Waals surface area contributed by atoms with Gasteiger partial charge in [-0.1, -0.05) is 0 Å². The Morgan fingerprint density at radius 3 is 2.79 bits per heavy atom. The fraction of sp³-hybridized carbons (Fsp3) is 0.571. The maximum Gasteiger partial charge on any atom is 0.413 e. The number of methoxy groups -OCH3 is 1. The van der Waals surface area contributed by atoms with Crippen molar-refractivity contribution in [1.82, 2.24) is 26.0 Å². The second-order valence-electron chi connectivity index (χ2n) is 8.61. The molecule has 4 heterocycles. The Hall–Kier alpha value is -3.13. The first kappa shape index (κ1) is 22.7. The average Bonchev–Trinajstić information content (AvgIpc) is 3.45. The molecule has 4 aliphatic heterocycles. The third-order valence-corrected chi connectivity index (χ3v) is 7.01. The number of ether oxygens (including phenoxy) is 3. The normalized spacial score (nSPS) is 32.6. The largest absolute Gasteiger partial charge is 0.448 e. The van der Waals surface area contributed by atoms with Crippen LogP contribution in [0.4, 0.5) is 4.79 Å². The molecule has 0 unspecified atom stereocenters. The monoisotopic (exact) mass is 474 g/mol. The smallest absolute Gasteiger partial charge is 0.413 e. The van der Waals surface area contributed by atoms with Gasteiger partial charge in [-0.25, -0.2) is 14.8 Å². The van der Waals surface area contributed by atoms with Crippen LogP contribution in [0.25, 0.3) is 0 Å². The predicted octanol–water partition coefficient (Wildman–Crippen LogP) is -1.96. The molecule has 1 aliphatic carbocycles. The number of amides is 2. The molecule has 5 aliphatic rings. The van der Waals surface area contributed by atoms with Crippen molar-refractivity contribution in [3.63, 3.8) is 0 Å². The quantitative estimate of drug-likeness (QED) is 0.124. The molecule has 3 N–H and O–H groups in total. The van der Waals surface area contributed by atoms with E-state index in [0.717, 1.165) is 0 Å². The van der Waals surface area contributed by atoms with E-state index in [2.05, 4.69) is 15.7 Å². The van der Waals surface area contributed by atoms with E-state index in [9.17, 15) is 19.2 Å². The Kier molecular flexibility index (Phi) is 5.72. The zero-order chi connectivity index (χ0) is 24.0. The summed E-state index contributed by atoms with van der Waals surface area (Å²) in [5, 5.41) is 7.12. The highest BCUT2D eigenvalue weighted by molar-refractivity contribution is 6.26. The number of imide groups is 1. The number of nitrogens with one attached hydrogen (secondary N) is 3. The summed E-state index contributed by atoms with van der Waals surface area (Å²) in [6.45, 7) is 4.30. The van der Waals surface area contributed by atoms with Crippen LogP contribution in [0.3, 0.4) is 0 Å². The zero-order valence-corrected chi connectivity index (χ0v) is 18.8. The van der Waals surface area contributed by atoms with Gasteiger partial charge in [-0.15, -0.1) is 0 Å². The summed E-state index contributed by atoms with van der Waals surface area (Å²) in [5.74, 6) is -1.48. The Morgan fingerprint density at radius 2 is 2.09 bits per heavy atom. The van der Waals surface area contributed by atoms with Gasteiger partial charge in [-0.3, -0.25) is 19.7 Å². The van der Waals surface area contributed by atoms with E-state index in [0.29, 0.717) is 32.8 Å². The molecule has 182 valence electrons. The zero-order valence-electron chi connectivity index (χ0n) is 18.8. The minimum absolute atomic E-state index is 0.0274. The molecule has 2 amide bonds. The topological polar surface area (TPSA) is 161 Å². The fourth-order valence-corrected chi connectivity index (χ4v) is 5.38. The number of nitrogens with zero attached hydrogens (tertiary/aromatic N) is 3. The van der Waals surface area contributed by atoms with Crippen LogP contribution in [0.2, 0.25) is 0 Å². The van der Waals surface area contributed by atoms with Crippen molar-refractivity contribution < 1.29 is 33.4 Å². The molecule has 0 saturated carbocycles. The second kappa shape index (κ2) is 8.58. The number of hydrogen-bond acceptors (Lipinski definition) is 11. The van der Waals surface area contributed by atoms with Gasteiger partial charge in [0.15, 0.2) is 5.72 Å². The van der Waals surface area contributed by atoms with Crippen LogP contribution < -0.4 is 16.1 Å². The van der Waals surface area contributed by atoms with Crippen LogP contribution in [0, 0.1) is 5.92 Å². The molecule has 13 heteroatoms. The molecule has 0 spiro atoms. The maximum absolute atomic E-state index is 13.7. The van der Waals surface area contributed by atoms with E-state index >= 15 is 0 Å². The number of allylic oxidation sites excluding steroid dienone is 2. The fourth-order valence-electron chi connectivity index (χ4n) is 5.38. The van der Waals surface area contributed by atoms with Gasteiger partial charge in [-0.05, 0) is 6.92 Å². The number of fused-ring (bicyclic) bond motifs is 4. The van der Waals surface area contributed by atoms with Crippen LogP contribution in [0.15, 0.2) is 27.5 Å². The number of hydrazine groups is 1. The highest BCUT2D eigenvalue weighted by atomic mass is 16.6. The average molecular weight is 474 g/mol. The maximum atomic E-state index is 13.7. The first-order chi connectivity index (χ1) is 16.4. The van der Waals surface area contributed by atoms with Gasteiger partial charge in [0, 0.05) is 43.9 Å². The number of morpholine rings is 1. The molecular formula is C21H26N6O7. The molecule has 0 aromatic heterocycles. The number of alkyl carbamates (subject to hydrolysis) is 1. The number of piperazine rings is 1. The minimum Gasteiger partial charge on any atom is -0.448 e. The third-order valence-electron chi connectivity index (χ3n) is 7.01. The summed E-state index contributed by atoms with van der Waals surface area (Å²) in [7, 11) is 1.51. The summed E-state index contributed by atoms with van der Waals surface area (Å²) >= 11 is 0. The number of carbonyl (C=O) groups is 4. The van der Waals surface area contributed by atoms with Crippen molar-refractivity contribution in [1.29, 1.82) is 0 Å². The van der Waals surface area contributed by atoms with Crippen LogP contribution in [0.1, 0.15) is 6.92 Å². The highest BCUT2D eigenvalue weighted by Crippen LogP contribution is 2.55.